The van der Waals surface area contributed by atoms with Gasteiger partial charge in [0.05, 0.1) is 5.56 Å². The van der Waals surface area contributed by atoms with E-state index in [1.165, 1.54) is 24.3 Å². The second-order valence-electron chi connectivity index (χ2n) is 6.28. The van der Waals surface area contributed by atoms with E-state index in [9.17, 15) is 14.4 Å². The van der Waals surface area contributed by atoms with Crippen molar-refractivity contribution in [1.29, 1.82) is 0 Å². The van der Waals surface area contributed by atoms with Gasteiger partial charge in [-0.25, -0.2) is 4.79 Å². The number of carboxylic acid groups (broad SMARTS) is 1. The summed E-state index contributed by atoms with van der Waals surface area (Å²) in [5, 5.41) is 8.92. The second-order valence-corrected chi connectivity index (χ2v) is 6.28. The maximum Gasteiger partial charge on any atom is 0.335 e. The number of aromatic carboxylic acids is 1. The van der Waals surface area contributed by atoms with Gasteiger partial charge >= 0.3 is 5.97 Å². The Hall–Kier alpha value is -3.15. The van der Waals surface area contributed by atoms with Crippen molar-refractivity contribution in [3.8, 4) is 0 Å². The zero-order valence-electron chi connectivity index (χ0n) is 14.5. The number of nitrogens with zero attached hydrogens (tertiary/aromatic N) is 2. The summed E-state index contributed by atoms with van der Waals surface area (Å²) in [6, 6.07) is 13.4. The van der Waals surface area contributed by atoms with Gasteiger partial charge in [0.2, 0.25) is 0 Å². The Morgan fingerprint density at radius 1 is 0.769 bits per heavy atom. The summed E-state index contributed by atoms with van der Waals surface area (Å²) in [7, 11) is 0. The minimum absolute atomic E-state index is 0.0130. The van der Waals surface area contributed by atoms with E-state index in [2.05, 4.69) is 0 Å². The van der Waals surface area contributed by atoms with E-state index >= 15 is 0 Å². The van der Waals surface area contributed by atoms with Gasteiger partial charge in [0.25, 0.3) is 11.8 Å². The molecule has 1 saturated heterocycles. The van der Waals surface area contributed by atoms with Gasteiger partial charge in [-0.05, 0) is 42.8 Å². The number of carbonyl (C=O) groups excluding carboxylic acids is 2. The molecular weight excluding hydrogens is 332 g/mol. The smallest absolute Gasteiger partial charge is 0.335 e. The summed E-state index contributed by atoms with van der Waals surface area (Å²) in [4.78, 5) is 39.5. The maximum absolute atomic E-state index is 12.6. The number of aryl methyl sites for hydroxylation is 1. The Kier molecular flexibility index (Phi) is 5.02. The average molecular weight is 352 g/mol. The quantitative estimate of drug-likeness (QED) is 0.919. The van der Waals surface area contributed by atoms with Crippen molar-refractivity contribution in [3.05, 3.63) is 70.8 Å². The van der Waals surface area contributed by atoms with Crippen molar-refractivity contribution in [2.45, 2.75) is 6.92 Å². The number of carboxylic acids is 1. The molecule has 1 fully saturated rings. The third kappa shape index (κ3) is 3.59. The number of hydrogen-bond donors (Lipinski definition) is 1. The van der Waals surface area contributed by atoms with E-state index in [0.29, 0.717) is 37.3 Å². The van der Waals surface area contributed by atoms with Gasteiger partial charge in [-0.2, -0.15) is 0 Å². The number of carbonyl (C=O) groups is 3. The van der Waals surface area contributed by atoms with Crippen LogP contribution >= 0.6 is 0 Å². The third-order valence-electron chi connectivity index (χ3n) is 4.61. The molecule has 2 amide bonds. The van der Waals surface area contributed by atoms with Crippen LogP contribution in [0.2, 0.25) is 0 Å². The third-order valence-corrected chi connectivity index (χ3v) is 4.61. The second kappa shape index (κ2) is 7.39. The Balaban J connectivity index is 1.63. The molecule has 26 heavy (non-hydrogen) atoms. The first-order chi connectivity index (χ1) is 12.5. The molecule has 0 aliphatic carbocycles. The van der Waals surface area contributed by atoms with Gasteiger partial charge in [-0.3, -0.25) is 9.59 Å². The zero-order valence-corrected chi connectivity index (χ0v) is 14.5. The fourth-order valence-electron chi connectivity index (χ4n) is 3.03. The van der Waals surface area contributed by atoms with Crippen molar-refractivity contribution in [3.63, 3.8) is 0 Å². The molecule has 1 heterocycles. The summed E-state index contributed by atoms with van der Waals surface area (Å²) in [5.41, 5.74) is 2.23. The van der Waals surface area contributed by atoms with E-state index in [1.54, 1.807) is 9.80 Å². The molecule has 0 saturated carbocycles. The molecule has 0 bridgehead atoms. The Labute approximate surface area is 151 Å². The molecule has 134 valence electrons. The molecule has 0 radical (unpaired) electrons. The fraction of sp³-hybridized carbons (Fsp3) is 0.250. The van der Waals surface area contributed by atoms with Crippen molar-refractivity contribution >= 4 is 17.8 Å². The summed E-state index contributed by atoms with van der Waals surface area (Å²) in [6.07, 6.45) is 0. The van der Waals surface area contributed by atoms with Crippen LogP contribution in [0.15, 0.2) is 48.5 Å². The molecule has 2 aromatic carbocycles. The highest BCUT2D eigenvalue weighted by Gasteiger charge is 2.26. The largest absolute Gasteiger partial charge is 0.478 e. The number of amides is 2. The van der Waals surface area contributed by atoms with Crippen LogP contribution in [0.3, 0.4) is 0 Å². The predicted octanol–water partition coefficient (Wildman–Crippen LogP) is 2.29. The van der Waals surface area contributed by atoms with Crippen LogP contribution in [0.1, 0.15) is 36.6 Å². The lowest BCUT2D eigenvalue weighted by atomic mass is 10.1. The Morgan fingerprint density at radius 2 is 1.27 bits per heavy atom. The first-order valence-corrected chi connectivity index (χ1v) is 8.45. The van der Waals surface area contributed by atoms with Crippen molar-refractivity contribution < 1.29 is 19.5 Å². The van der Waals surface area contributed by atoms with E-state index in [-0.39, 0.29) is 17.4 Å². The van der Waals surface area contributed by atoms with Gasteiger partial charge in [0, 0.05) is 37.3 Å². The first-order valence-electron chi connectivity index (χ1n) is 8.45. The molecule has 0 atom stereocenters. The predicted molar refractivity (Wildman–Crippen MR) is 96.4 cm³/mol. The van der Waals surface area contributed by atoms with Crippen molar-refractivity contribution in [1.82, 2.24) is 9.80 Å². The van der Waals surface area contributed by atoms with Gasteiger partial charge < -0.3 is 14.9 Å². The molecule has 6 heteroatoms. The monoisotopic (exact) mass is 352 g/mol. The first kappa shape index (κ1) is 17.7. The molecule has 0 unspecified atom stereocenters. The summed E-state index contributed by atoms with van der Waals surface area (Å²) in [5.74, 6) is -1.18. The van der Waals surface area contributed by atoms with E-state index in [4.69, 9.17) is 5.11 Å². The summed E-state index contributed by atoms with van der Waals surface area (Å²) < 4.78 is 0. The lowest BCUT2D eigenvalue weighted by molar-refractivity contribution is 0.0535. The molecule has 1 aliphatic heterocycles. The maximum atomic E-state index is 12.6. The molecule has 1 aliphatic rings. The standard InChI is InChI=1S/C20H20N2O4/c1-14-4-2-3-5-17(14)19(24)22-12-10-21(11-13-22)18(23)15-6-8-16(9-7-15)20(25)26/h2-9H,10-13H2,1H3,(H,25,26). The van der Waals surface area contributed by atoms with E-state index < -0.39 is 5.97 Å². The van der Waals surface area contributed by atoms with Gasteiger partial charge in [-0.15, -0.1) is 0 Å². The highest BCUT2D eigenvalue weighted by molar-refractivity contribution is 5.97. The molecule has 0 spiro atoms. The number of benzene rings is 2. The van der Waals surface area contributed by atoms with Crippen molar-refractivity contribution in [2.24, 2.45) is 0 Å². The summed E-state index contributed by atoms with van der Waals surface area (Å²) >= 11 is 0. The normalized spacial score (nSPS) is 14.2. The lowest BCUT2D eigenvalue weighted by Gasteiger charge is -2.35. The fourth-order valence-corrected chi connectivity index (χ4v) is 3.03. The lowest BCUT2D eigenvalue weighted by Crippen LogP contribution is -2.50. The SMILES string of the molecule is Cc1ccccc1C(=O)N1CCN(C(=O)c2ccc(C(=O)O)cc2)CC1. The Morgan fingerprint density at radius 3 is 1.81 bits per heavy atom. The average Bonchev–Trinajstić information content (AvgIpc) is 2.67. The molecular formula is C20H20N2O4. The van der Waals surface area contributed by atoms with Gasteiger partial charge in [0.15, 0.2) is 0 Å². The molecule has 3 rings (SSSR count). The van der Waals surface area contributed by atoms with Crippen LogP contribution < -0.4 is 0 Å². The minimum atomic E-state index is -1.02. The molecule has 1 N–H and O–H groups in total. The number of piperazine rings is 1. The van der Waals surface area contributed by atoms with Crippen molar-refractivity contribution in [2.75, 3.05) is 26.2 Å². The van der Waals surface area contributed by atoms with E-state index in [1.807, 2.05) is 31.2 Å². The molecule has 0 aromatic heterocycles. The van der Waals surface area contributed by atoms with Crippen LogP contribution in [0.25, 0.3) is 0 Å². The van der Waals surface area contributed by atoms with Crippen LogP contribution in [-0.2, 0) is 0 Å². The number of hydrogen-bond acceptors (Lipinski definition) is 3. The minimum Gasteiger partial charge on any atom is -0.478 e. The van der Waals surface area contributed by atoms with E-state index in [0.717, 1.165) is 5.56 Å². The highest BCUT2D eigenvalue weighted by atomic mass is 16.4. The summed E-state index contributed by atoms with van der Waals surface area (Å²) in [6.45, 7) is 3.78. The van der Waals surface area contributed by atoms with Crippen LogP contribution in [0, 0.1) is 6.92 Å². The Bertz CT molecular complexity index is 837. The molecule has 2 aromatic rings. The van der Waals surface area contributed by atoms with Gasteiger partial charge in [0.1, 0.15) is 0 Å². The van der Waals surface area contributed by atoms with Crippen LogP contribution in [-0.4, -0.2) is 58.9 Å². The van der Waals surface area contributed by atoms with Gasteiger partial charge in [-0.1, -0.05) is 18.2 Å². The van der Waals surface area contributed by atoms with Crippen LogP contribution in [0.4, 0.5) is 0 Å². The number of rotatable bonds is 3. The highest BCUT2D eigenvalue weighted by Crippen LogP contribution is 2.15. The van der Waals surface area contributed by atoms with Crippen LogP contribution in [0.5, 0.6) is 0 Å². The topological polar surface area (TPSA) is 77.9 Å². The molecule has 6 nitrogen and oxygen atoms in total. The zero-order chi connectivity index (χ0) is 18.7.